The third-order valence-corrected chi connectivity index (χ3v) is 3.09. The van der Waals surface area contributed by atoms with E-state index in [2.05, 4.69) is 20.4 Å². The van der Waals surface area contributed by atoms with Crippen molar-refractivity contribution in [2.75, 3.05) is 19.7 Å². The number of carbonyl (C=O) groups excluding carboxylic acids is 1. The number of rotatable bonds is 3. The van der Waals surface area contributed by atoms with Crippen LogP contribution in [-0.4, -0.2) is 40.7 Å². The minimum atomic E-state index is -4.70. The average Bonchev–Trinajstić information content (AvgIpc) is 2.84. The van der Waals surface area contributed by atoms with E-state index in [-0.39, 0.29) is 19.0 Å². The van der Waals surface area contributed by atoms with Crippen molar-refractivity contribution in [2.24, 2.45) is 0 Å². The molecular weight excluding hydrogens is 313 g/mol. The topological polar surface area (TPSA) is 69.0 Å². The molecule has 0 amide bonds. The van der Waals surface area contributed by atoms with Crippen molar-refractivity contribution in [2.45, 2.75) is 32.0 Å². The molecule has 0 aliphatic carbocycles. The van der Waals surface area contributed by atoms with Crippen LogP contribution in [0.3, 0.4) is 0 Å². The summed E-state index contributed by atoms with van der Waals surface area (Å²) in [6.45, 7) is 2.71. The van der Waals surface area contributed by atoms with Crippen LogP contribution in [0.4, 0.5) is 13.2 Å². The number of halogens is 4. The largest absolute Gasteiger partial charge is 0.461 e. The van der Waals surface area contributed by atoms with E-state index in [0.717, 1.165) is 4.68 Å². The lowest BCUT2D eigenvalue weighted by molar-refractivity contribution is -0.145. The molecule has 2 heterocycles. The SMILES string of the molecule is CCOC(=O)c1nnn(C2CCNCC2)c1C(F)(F)F.Cl. The van der Waals surface area contributed by atoms with Gasteiger partial charge in [-0.15, -0.1) is 17.5 Å². The number of nitrogens with one attached hydrogen (secondary N) is 1. The molecule has 1 aromatic rings. The fourth-order valence-electron chi connectivity index (χ4n) is 2.20. The maximum atomic E-state index is 13.2. The van der Waals surface area contributed by atoms with Gasteiger partial charge >= 0.3 is 12.1 Å². The van der Waals surface area contributed by atoms with Gasteiger partial charge in [0.15, 0.2) is 5.69 Å². The monoisotopic (exact) mass is 328 g/mol. The van der Waals surface area contributed by atoms with Gasteiger partial charge in [-0.3, -0.25) is 0 Å². The van der Waals surface area contributed by atoms with Crippen LogP contribution in [0.5, 0.6) is 0 Å². The number of hydrogen-bond acceptors (Lipinski definition) is 5. The van der Waals surface area contributed by atoms with Crippen molar-refractivity contribution >= 4 is 18.4 Å². The van der Waals surface area contributed by atoms with Gasteiger partial charge < -0.3 is 10.1 Å². The van der Waals surface area contributed by atoms with E-state index in [1.54, 1.807) is 0 Å². The highest BCUT2D eigenvalue weighted by Gasteiger charge is 2.43. The van der Waals surface area contributed by atoms with Crippen LogP contribution in [0.15, 0.2) is 0 Å². The third kappa shape index (κ3) is 3.85. The van der Waals surface area contributed by atoms with E-state index in [0.29, 0.717) is 25.9 Å². The lowest BCUT2D eigenvalue weighted by Gasteiger charge is -2.24. The summed E-state index contributed by atoms with van der Waals surface area (Å²) in [6, 6.07) is -0.413. The van der Waals surface area contributed by atoms with Gasteiger partial charge in [-0.2, -0.15) is 13.2 Å². The molecule has 1 N–H and O–H groups in total. The summed E-state index contributed by atoms with van der Waals surface area (Å²) in [5.74, 6) is -1.10. The summed E-state index contributed by atoms with van der Waals surface area (Å²) < 4.78 is 44.9. The van der Waals surface area contributed by atoms with Crippen LogP contribution >= 0.6 is 12.4 Å². The molecule has 0 atom stereocenters. The zero-order chi connectivity index (χ0) is 14.8. The highest BCUT2D eigenvalue weighted by Crippen LogP contribution is 2.34. The lowest BCUT2D eigenvalue weighted by atomic mass is 10.1. The van der Waals surface area contributed by atoms with Crippen LogP contribution in [0.1, 0.15) is 42.0 Å². The van der Waals surface area contributed by atoms with Gasteiger partial charge in [-0.25, -0.2) is 9.48 Å². The molecule has 1 aliphatic rings. The first-order valence-corrected chi connectivity index (χ1v) is 6.35. The molecule has 0 unspecified atom stereocenters. The lowest BCUT2D eigenvalue weighted by Crippen LogP contribution is -2.32. The standard InChI is InChI=1S/C11H15F3N4O2.ClH/c1-2-20-10(19)8-9(11(12,13)14)18(17-16-8)7-3-5-15-6-4-7;/h7,15H,2-6H2,1H3;1H. The van der Waals surface area contributed by atoms with Gasteiger partial charge in [0.2, 0.25) is 5.69 Å². The molecule has 1 aromatic heterocycles. The van der Waals surface area contributed by atoms with Crippen LogP contribution in [-0.2, 0) is 10.9 Å². The van der Waals surface area contributed by atoms with Crippen molar-refractivity contribution in [3.8, 4) is 0 Å². The van der Waals surface area contributed by atoms with Gasteiger partial charge in [-0.1, -0.05) is 5.21 Å². The van der Waals surface area contributed by atoms with Crippen LogP contribution < -0.4 is 5.32 Å². The zero-order valence-corrected chi connectivity index (χ0v) is 12.1. The predicted molar refractivity (Wildman–Crippen MR) is 69.4 cm³/mol. The highest BCUT2D eigenvalue weighted by atomic mass is 35.5. The van der Waals surface area contributed by atoms with Crippen LogP contribution in [0.2, 0.25) is 0 Å². The first kappa shape index (κ1) is 17.7. The summed E-state index contributed by atoms with van der Waals surface area (Å²) in [7, 11) is 0. The van der Waals surface area contributed by atoms with E-state index < -0.39 is 29.6 Å². The summed E-state index contributed by atoms with van der Waals surface area (Å²) in [5.41, 5.74) is -1.89. The molecule has 21 heavy (non-hydrogen) atoms. The molecule has 0 radical (unpaired) electrons. The summed E-state index contributed by atoms with van der Waals surface area (Å²) in [4.78, 5) is 11.6. The molecule has 1 saturated heterocycles. The quantitative estimate of drug-likeness (QED) is 0.857. The molecule has 0 saturated carbocycles. The predicted octanol–water partition coefficient (Wildman–Crippen LogP) is 1.82. The Morgan fingerprint density at radius 1 is 1.43 bits per heavy atom. The van der Waals surface area contributed by atoms with Gasteiger partial charge in [0.05, 0.1) is 12.6 Å². The Kier molecular flexibility index (Phi) is 5.97. The third-order valence-electron chi connectivity index (χ3n) is 3.09. The molecule has 6 nitrogen and oxygen atoms in total. The Bertz CT molecular complexity index is 486. The number of esters is 1. The Morgan fingerprint density at radius 3 is 2.57 bits per heavy atom. The summed E-state index contributed by atoms with van der Waals surface area (Å²) in [6.07, 6.45) is -3.68. The number of ether oxygens (including phenoxy) is 1. The molecule has 1 fully saturated rings. The Balaban J connectivity index is 0.00000220. The molecule has 2 rings (SSSR count). The molecule has 0 aromatic carbocycles. The number of aromatic nitrogens is 3. The van der Waals surface area contributed by atoms with Gasteiger partial charge in [0.25, 0.3) is 0 Å². The van der Waals surface area contributed by atoms with Crippen molar-refractivity contribution in [1.29, 1.82) is 0 Å². The number of hydrogen-bond donors (Lipinski definition) is 1. The first-order valence-electron chi connectivity index (χ1n) is 6.35. The minimum Gasteiger partial charge on any atom is -0.461 e. The Hall–Kier alpha value is -1.35. The van der Waals surface area contributed by atoms with E-state index in [1.807, 2.05) is 0 Å². The van der Waals surface area contributed by atoms with Crippen molar-refractivity contribution in [3.63, 3.8) is 0 Å². The number of alkyl halides is 3. The maximum absolute atomic E-state index is 13.2. The van der Waals surface area contributed by atoms with Crippen molar-refractivity contribution < 1.29 is 22.7 Å². The Morgan fingerprint density at radius 2 is 2.05 bits per heavy atom. The highest BCUT2D eigenvalue weighted by molar-refractivity contribution is 5.88. The molecule has 0 spiro atoms. The fraction of sp³-hybridized carbons (Fsp3) is 0.727. The van der Waals surface area contributed by atoms with E-state index in [1.165, 1.54) is 6.92 Å². The summed E-state index contributed by atoms with van der Waals surface area (Å²) >= 11 is 0. The normalized spacial score (nSPS) is 16.4. The van der Waals surface area contributed by atoms with Crippen molar-refractivity contribution in [1.82, 2.24) is 20.3 Å². The minimum absolute atomic E-state index is 0. The molecular formula is C11H16ClF3N4O2. The zero-order valence-electron chi connectivity index (χ0n) is 11.3. The van der Waals surface area contributed by atoms with E-state index in [9.17, 15) is 18.0 Å². The second-order valence-electron chi connectivity index (χ2n) is 4.43. The second-order valence-corrected chi connectivity index (χ2v) is 4.43. The van der Waals surface area contributed by atoms with Gasteiger partial charge in [0.1, 0.15) is 0 Å². The first-order chi connectivity index (χ1) is 9.45. The average molecular weight is 329 g/mol. The second kappa shape index (κ2) is 7.08. The molecule has 0 bridgehead atoms. The van der Waals surface area contributed by atoms with E-state index in [4.69, 9.17) is 0 Å². The smallest absolute Gasteiger partial charge is 0.435 e. The number of nitrogens with zero attached hydrogens (tertiary/aromatic N) is 3. The van der Waals surface area contributed by atoms with Crippen LogP contribution in [0, 0.1) is 0 Å². The van der Waals surface area contributed by atoms with Gasteiger partial charge in [0, 0.05) is 0 Å². The molecule has 120 valence electrons. The summed E-state index contributed by atoms with van der Waals surface area (Å²) in [5, 5.41) is 9.96. The number of piperidine rings is 1. The number of carbonyl (C=O) groups is 1. The molecule has 10 heteroatoms. The van der Waals surface area contributed by atoms with Gasteiger partial charge in [-0.05, 0) is 32.9 Å². The fourth-order valence-corrected chi connectivity index (χ4v) is 2.20. The maximum Gasteiger partial charge on any atom is 0.435 e. The van der Waals surface area contributed by atoms with E-state index >= 15 is 0 Å². The Labute approximate surface area is 125 Å². The van der Waals surface area contributed by atoms with Crippen molar-refractivity contribution in [3.05, 3.63) is 11.4 Å². The molecule has 1 aliphatic heterocycles. The van der Waals surface area contributed by atoms with Crippen LogP contribution in [0.25, 0.3) is 0 Å².